The number of unbranched alkanes of at least 4 members (excludes halogenated alkanes) is 6. The van der Waals surface area contributed by atoms with Crippen molar-refractivity contribution in [3.63, 3.8) is 0 Å². The monoisotopic (exact) mass is 256 g/mol. The lowest BCUT2D eigenvalue weighted by molar-refractivity contribution is -0.138. The summed E-state index contributed by atoms with van der Waals surface area (Å²) in [5.74, 6) is 0. The summed E-state index contributed by atoms with van der Waals surface area (Å²) in [6, 6.07) is 0. The Morgan fingerprint density at radius 2 is 1.72 bits per heavy atom. The molecule has 2 nitrogen and oxygen atoms in total. The first-order valence-corrected chi connectivity index (χ1v) is 8.01. The summed E-state index contributed by atoms with van der Waals surface area (Å²) in [7, 11) is 0. The predicted octanol–water partition coefficient (Wildman–Crippen LogP) is 4.45. The second-order valence-electron chi connectivity index (χ2n) is 6.04. The summed E-state index contributed by atoms with van der Waals surface area (Å²) in [5.41, 5.74) is -0.263. The van der Waals surface area contributed by atoms with Crippen molar-refractivity contribution < 1.29 is 9.84 Å². The molecule has 2 heteroatoms. The molecule has 0 spiro atoms. The molecule has 1 fully saturated rings. The molecule has 2 atom stereocenters. The molecular weight excluding hydrogens is 224 g/mol. The largest absolute Gasteiger partial charge is 0.390 e. The van der Waals surface area contributed by atoms with Crippen LogP contribution in [0.25, 0.3) is 0 Å². The van der Waals surface area contributed by atoms with Crippen molar-refractivity contribution in [3.05, 3.63) is 0 Å². The maximum absolute atomic E-state index is 10.2. The van der Waals surface area contributed by atoms with Gasteiger partial charge in [-0.05, 0) is 32.6 Å². The number of rotatable bonds is 9. The van der Waals surface area contributed by atoms with Gasteiger partial charge in [-0.15, -0.1) is 0 Å². The van der Waals surface area contributed by atoms with Crippen molar-refractivity contribution in [1.29, 1.82) is 0 Å². The van der Waals surface area contributed by atoms with Gasteiger partial charge in [-0.3, -0.25) is 0 Å². The molecule has 1 heterocycles. The number of aliphatic hydroxyl groups is 1. The zero-order chi connectivity index (χ0) is 13.3. The lowest BCUT2D eigenvalue weighted by Crippen LogP contribution is -2.44. The number of ether oxygens (including phenoxy) is 1. The second-order valence-corrected chi connectivity index (χ2v) is 6.04. The molecule has 0 aromatic heterocycles. The van der Waals surface area contributed by atoms with Crippen LogP contribution in [0.3, 0.4) is 0 Å². The Kier molecular flexibility index (Phi) is 7.92. The normalized spacial score (nSPS) is 26.2. The van der Waals surface area contributed by atoms with E-state index in [2.05, 4.69) is 13.8 Å². The fourth-order valence-corrected chi connectivity index (χ4v) is 2.82. The molecule has 18 heavy (non-hydrogen) atoms. The minimum Gasteiger partial charge on any atom is -0.390 e. The van der Waals surface area contributed by atoms with Crippen LogP contribution in [0.1, 0.15) is 84.5 Å². The quantitative estimate of drug-likeness (QED) is 0.618. The number of hydrogen-bond donors (Lipinski definition) is 1. The molecule has 108 valence electrons. The lowest BCUT2D eigenvalue weighted by Gasteiger charge is -2.38. The topological polar surface area (TPSA) is 29.5 Å². The van der Waals surface area contributed by atoms with E-state index in [0.717, 1.165) is 32.3 Å². The molecule has 0 aromatic rings. The third-order valence-electron chi connectivity index (χ3n) is 4.29. The fraction of sp³-hybridized carbons (Fsp3) is 1.00. The highest BCUT2D eigenvalue weighted by atomic mass is 16.5. The Balaban J connectivity index is 2.03. The van der Waals surface area contributed by atoms with Crippen LogP contribution < -0.4 is 0 Å². The Bertz CT molecular complexity index is 197. The van der Waals surface area contributed by atoms with Crippen LogP contribution >= 0.6 is 0 Å². The van der Waals surface area contributed by atoms with Crippen LogP contribution in [0.15, 0.2) is 0 Å². The van der Waals surface area contributed by atoms with Gasteiger partial charge in [0.15, 0.2) is 0 Å². The summed E-state index contributed by atoms with van der Waals surface area (Å²) < 4.78 is 5.79. The Labute approximate surface area is 113 Å². The first kappa shape index (κ1) is 16.0. The molecule has 0 aliphatic carbocycles. The van der Waals surface area contributed by atoms with Gasteiger partial charge in [-0.1, -0.05) is 51.9 Å². The molecular formula is C16H32O2. The van der Waals surface area contributed by atoms with Gasteiger partial charge in [-0.2, -0.15) is 0 Å². The van der Waals surface area contributed by atoms with Crippen LogP contribution in [0, 0.1) is 0 Å². The highest BCUT2D eigenvalue weighted by molar-refractivity contribution is 4.86. The van der Waals surface area contributed by atoms with E-state index >= 15 is 0 Å². The van der Waals surface area contributed by atoms with Crippen molar-refractivity contribution in [2.75, 3.05) is 6.61 Å². The van der Waals surface area contributed by atoms with Gasteiger partial charge < -0.3 is 9.84 Å². The van der Waals surface area contributed by atoms with Gasteiger partial charge >= 0.3 is 0 Å². The summed E-state index contributed by atoms with van der Waals surface area (Å²) in [4.78, 5) is 0. The Hall–Kier alpha value is -0.0800. The average molecular weight is 256 g/mol. The van der Waals surface area contributed by atoms with Crippen LogP contribution in [0.5, 0.6) is 0 Å². The van der Waals surface area contributed by atoms with Crippen LogP contribution in [0.4, 0.5) is 0 Å². The van der Waals surface area contributed by atoms with Crippen molar-refractivity contribution in [2.24, 2.45) is 0 Å². The zero-order valence-electron chi connectivity index (χ0n) is 12.4. The van der Waals surface area contributed by atoms with Gasteiger partial charge in [0.05, 0.1) is 11.7 Å². The van der Waals surface area contributed by atoms with Crippen LogP contribution in [0.2, 0.25) is 0 Å². The first-order chi connectivity index (χ1) is 8.69. The van der Waals surface area contributed by atoms with E-state index in [1.165, 1.54) is 44.9 Å². The van der Waals surface area contributed by atoms with E-state index in [0.29, 0.717) is 0 Å². The minimum atomic E-state index is -0.270. The lowest BCUT2D eigenvalue weighted by atomic mass is 9.87. The van der Waals surface area contributed by atoms with Crippen LogP contribution in [-0.4, -0.2) is 23.4 Å². The zero-order valence-corrected chi connectivity index (χ0v) is 12.4. The van der Waals surface area contributed by atoms with Crippen molar-refractivity contribution in [2.45, 2.75) is 96.2 Å². The SMILES string of the molecule is CCCCCCCCCC(O)C1(C)CCCCO1. The Morgan fingerprint density at radius 1 is 1.06 bits per heavy atom. The summed E-state index contributed by atoms with van der Waals surface area (Å²) in [5, 5.41) is 10.2. The molecule has 0 saturated carbocycles. The molecule has 0 bridgehead atoms. The van der Waals surface area contributed by atoms with Crippen LogP contribution in [-0.2, 0) is 4.74 Å². The highest BCUT2D eigenvalue weighted by Crippen LogP contribution is 2.30. The molecule has 0 radical (unpaired) electrons. The average Bonchev–Trinajstić information content (AvgIpc) is 2.38. The summed E-state index contributed by atoms with van der Waals surface area (Å²) >= 11 is 0. The fourth-order valence-electron chi connectivity index (χ4n) is 2.82. The standard InChI is InChI=1S/C16H32O2/c1-3-4-5-6-7-8-9-12-15(17)16(2)13-10-11-14-18-16/h15,17H,3-14H2,1-2H3. The van der Waals surface area contributed by atoms with Gasteiger partial charge in [0.1, 0.15) is 0 Å². The second kappa shape index (κ2) is 8.92. The van der Waals surface area contributed by atoms with E-state index in [4.69, 9.17) is 4.74 Å². The first-order valence-electron chi connectivity index (χ1n) is 8.01. The molecule has 0 aromatic carbocycles. The molecule has 1 rings (SSSR count). The molecule has 1 N–H and O–H groups in total. The third kappa shape index (κ3) is 5.71. The minimum absolute atomic E-state index is 0.263. The van der Waals surface area contributed by atoms with E-state index < -0.39 is 0 Å². The van der Waals surface area contributed by atoms with Gasteiger partial charge in [0.2, 0.25) is 0 Å². The molecule has 2 unspecified atom stereocenters. The van der Waals surface area contributed by atoms with Gasteiger partial charge in [-0.25, -0.2) is 0 Å². The maximum atomic E-state index is 10.2. The highest BCUT2D eigenvalue weighted by Gasteiger charge is 2.34. The molecule has 1 aliphatic heterocycles. The molecule has 1 aliphatic rings. The smallest absolute Gasteiger partial charge is 0.0912 e. The van der Waals surface area contributed by atoms with E-state index in [9.17, 15) is 5.11 Å². The van der Waals surface area contributed by atoms with E-state index in [1.54, 1.807) is 0 Å². The molecule has 0 amide bonds. The summed E-state index contributed by atoms with van der Waals surface area (Å²) in [6.07, 6.45) is 13.2. The molecule has 1 saturated heterocycles. The number of aliphatic hydroxyl groups excluding tert-OH is 1. The van der Waals surface area contributed by atoms with Crippen molar-refractivity contribution in [3.8, 4) is 0 Å². The van der Waals surface area contributed by atoms with E-state index in [1.807, 2.05) is 0 Å². The Morgan fingerprint density at radius 3 is 2.33 bits per heavy atom. The van der Waals surface area contributed by atoms with Crippen molar-refractivity contribution in [1.82, 2.24) is 0 Å². The van der Waals surface area contributed by atoms with Crippen molar-refractivity contribution >= 4 is 0 Å². The predicted molar refractivity (Wildman–Crippen MR) is 76.8 cm³/mol. The van der Waals surface area contributed by atoms with Gasteiger partial charge in [0, 0.05) is 6.61 Å². The number of hydrogen-bond acceptors (Lipinski definition) is 2. The third-order valence-corrected chi connectivity index (χ3v) is 4.29. The summed E-state index contributed by atoms with van der Waals surface area (Å²) in [6.45, 7) is 5.16. The maximum Gasteiger partial charge on any atom is 0.0912 e. The van der Waals surface area contributed by atoms with E-state index in [-0.39, 0.29) is 11.7 Å². The van der Waals surface area contributed by atoms with Gasteiger partial charge in [0.25, 0.3) is 0 Å².